The summed E-state index contributed by atoms with van der Waals surface area (Å²) in [6.07, 6.45) is 9.65. The van der Waals surface area contributed by atoms with Crippen molar-refractivity contribution in [2.24, 2.45) is 0 Å². The fraction of sp³-hybridized carbons (Fsp3) is 0.800. The Hall–Kier alpha value is -0.500. The van der Waals surface area contributed by atoms with Gasteiger partial charge in [-0.25, -0.2) is 0 Å². The molecular formula is C10H18O2. The summed E-state index contributed by atoms with van der Waals surface area (Å²) in [5, 5.41) is 8.41. The number of rotatable bonds is 6. The van der Waals surface area contributed by atoms with Gasteiger partial charge in [0.15, 0.2) is 0 Å². The van der Waals surface area contributed by atoms with Crippen LogP contribution in [0.5, 0.6) is 0 Å². The Morgan fingerprint density at radius 1 is 1.33 bits per heavy atom. The Balaban J connectivity index is 1.93. The van der Waals surface area contributed by atoms with Crippen LogP contribution < -0.4 is 0 Å². The van der Waals surface area contributed by atoms with E-state index in [1.165, 1.54) is 25.7 Å². The molecule has 12 heavy (non-hydrogen) atoms. The lowest BCUT2D eigenvalue weighted by molar-refractivity contribution is 0.358. The fourth-order valence-electron chi connectivity index (χ4n) is 1.43. The Kier molecular flexibility index (Phi) is 4.15. The van der Waals surface area contributed by atoms with Gasteiger partial charge in [0.1, 0.15) is 0 Å². The highest BCUT2D eigenvalue weighted by atomic mass is 16.6. The summed E-state index contributed by atoms with van der Waals surface area (Å²) in [6.45, 7) is 2.21. The van der Waals surface area contributed by atoms with E-state index in [0.29, 0.717) is 12.2 Å². The lowest BCUT2D eigenvalue weighted by Gasteiger charge is -1.92. The molecule has 1 rings (SSSR count). The Bertz CT molecular complexity index is 143. The Labute approximate surface area is 74.2 Å². The average molecular weight is 170 g/mol. The van der Waals surface area contributed by atoms with Crippen LogP contribution in [0.1, 0.15) is 39.0 Å². The van der Waals surface area contributed by atoms with Crippen LogP contribution in [0.3, 0.4) is 0 Å². The maximum Gasteiger partial charge on any atom is 0.0877 e. The van der Waals surface area contributed by atoms with Crippen molar-refractivity contribution in [3.8, 4) is 0 Å². The maximum absolute atomic E-state index is 8.41. The standard InChI is InChI=1S/C10H18O2/c1-2-3-4-6-9-10(12-9)7-5-8-11/h5,8-11H,2-4,6-7H2,1H3. The maximum atomic E-state index is 8.41. The molecule has 1 heterocycles. The monoisotopic (exact) mass is 170 g/mol. The quantitative estimate of drug-likeness (QED) is 0.377. The molecule has 0 aromatic rings. The second kappa shape index (κ2) is 5.20. The van der Waals surface area contributed by atoms with Crippen molar-refractivity contribution < 1.29 is 9.84 Å². The van der Waals surface area contributed by atoms with E-state index in [4.69, 9.17) is 9.84 Å². The lowest BCUT2D eigenvalue weighted by Crippen LogP contribution is -1.92. The first-order valence-electron chi connectivity index (χ1n) is 4.83. The molecule has 0 saturated carbocycles. The first kappa shape index (κ1) is 9.59. The molecule has 0 aromatic carbocycles. The normalized spacial score (nSPS) is 28.1. The smallest absolute Gasteiger partial charge is 0.0877 e. The minimum Gasteiger partial charge on any atom is -0.516 e. The van der Waals surface area contributed by atoms with E-state index in [9.17, 15) is 0 Å². The number of hydrogen-bond acceptors (Lipinski definition) is 2. The zero-order valence-corrected chi connectivity index (χ0v) is 7.70. The van der Waals surface area contributed by atoms with E-state index in [0.717, 1.165) is 12.7 Å². The summed E-state index contributed by atoms with van der Waals surface area (Å²) in [5.74, 6) is 0. The van der Waals surface area contributed by atoms with Crippen molar-refractivity contribution in [3.63, 3.8) is 0 Å². The molecule has 1 aliphatic heterocycles. The van der Waals surface area contributed by atoms with E-state index >= 15 is 0 Å². The Morgan fingerprint density at radius 3 is 2.83 bits per heavy atom. The van der Waals surface area contributed by atoms with Crippen LogP contribution in [0, 0.1) is 0 Å². The van der Waals surface area contributed by atoms with E-state index in [1.54, 1.807) is 6.08 Å². The molecule has 1 fully saturated rings. The molecule has 0 aromatic heterocycles. The molecule has 0 radical (unpaired) electrons. The minimum atomic E-state index is 0.394. The molecular weight excluding hydrogens is 152 g/mol. The SMILES string of the molecule is CCCCCC1OC1CC=CO. The second-order valence-electron chi connectivity index (χ2n) is 3.33. The fourth-order valence-corrected chi connectivity index (χ4v) is 1.43. The van der Waals surface area contributed by atoms with Crippen LogP contribution >= 0.6 is 0 Å². The lowest BCUT2D eigenvalue weighted by atomic mass is 10.1. The van der Waals surface area contributed by atoms with Crippen LogP contribution in [-0.2, 0) is 4.74 Å². The number of aliphatic hydroxyl groups is 1. The van der Waals surface area contributed by atoms with Gasteiger partial charge in [-0.1, -0.05) is 26.2 Å². The summed E-state index contributed by atoms with van der Waals surface area (Å²) in [5.41, 5.74) is 0. The number of hydrogen-bond donors (Lipinski definition) is 1. The molecule has 70 valence electrons. The molecule has 2 nitrogen and oxygen atoms in total. The third-order valence-corrected chi connectivity index (χ3v) is 2.25. The topological polar surface area (TPSA) is 32.8 Å². The van der Waals surface area contributed by atoms with Crippen LogP contribution in [0.2, 0.25) is 0 Å². The predicted octanol–water partition coefficient (Wildman–Crippen LogP) is 2.80. The Morgan fingerprint density at radius 2 is 2.17 bits per heavy atom. The highest BCUT2D eigenvalue weighted by molar-refractivity contribution is 4.90. The van der Waals surface area contributed by atoms with Crippen molar-refractivity contribution in [2.45, 2.75) is 51.2 Å². The zero-order chi connectivity index (χ0) is 8.81. The van der Waals surface area contributed by atoms with Crippen molar-refractivity contribution in [1.82, 2.24) is 0 Å². The summed E-state index contributed by atoms with van der Waals surface area (Å²) in [6, 6.07) is 0. The molecule has 0 bridgehead atoms. The number of ether oxygens (including phenoxy) is 1. The largest absolute Gasteiger partial charge is 0.516 e. The van der Waals surface area contributed by atoms with Crippen LogP contribution in [-0.4, -0.2) is 17.3 Å². The van der Waals surface area contributed by atoms with Gasteiger partial charge in [0, 0.05) is 0 Å². The molecule has 1 saturated heterocycles. The van der Waals surface area contributed by atoms with Crippen LogP contribution in [0.25, 0.3) is 0 Å². The highest BCUT2D eigenvalue weighted by Crippen LogP contribution is 2.30. The van der Waals surface area contributed by atoms with Gasteiger partial charge in [0.2, 0.25) is 0 Å². The average Bonchev–Trinajstić information content (AvgIpc) is 2.81. The molecule has 0 amide bonds. The van der Waals surface area contributed by atoms with E-state index in [2.05, 4.69) is 6.92 Å². The van der Waals surface area contributed by atoms with Crippen LogP contribution in [0.4, 0.5) is 0 Å². The van der Waals surface area contributed by atoms with Crippen molar-refractivity contribution in [3.05, 3.63) is 12.3 Å². The van der Waals surface area contributed by atoms with Crippen molar-refractivity contribution in [1.29, 1.82) is 0 Å². The highest BCUT2D eigenvalue weighted by Gasteiger charge is 2.36. The first-order chi connectivity index (χ1) is 5.88. The summed E-state index contributed by atoms with van der Waals surface area (Å²) >= 11 is 0. The number of epoxide rings is 1. The van der Waals surface area contributed by atoms with Gasteiger partial charge in [-0.05, 0) is 18.9 Å². The molecule has 0 aliphatic carbocycles. The van der Waals surface area contributed by atoms with Gasteiger partial charge >= 0.3 is 0 Å². The van der Waals surface area contributed by atoms with Gasteiger partial charge in [-0.15, -0.1) is 0 Å². The van der Waals surface area contributed by atoms with E-state index in [-0.39, 0.29) is 0 Å². The summed E-state index contributed by atoms with van der Waals surface area (Å²) in [4.78, 5) is 0. The third-order valence-electron chi connectivity index (χ3n) is 2.25. The molecule has 2 unspecified atom stereocenters. The van der Waals surface area contributed by atoms with Gasteiger partial charge in [-0.3, -0.25) is 0 Å². The van der Waals surface area contributed by atoms with Gasteiger partial charge in [0.25, 0.3) is 0 Å². The van der Waals surface area contributed by atoms with Crippen LogP contribution in [0.15, 0.2) is 12.3 Å². The molecule has 1 N–H and O–H groups in total. The van der Waals surface area contributed by atoms with Crippen molar-refractivity contribution >= 4 is 0 Å². The number of aliphatic hydroxyl groups excluding tert-OH is 1. The zero-order valence-electron chi connectivity index (χ0n) is 7.70. The second-order valence-corrected chi connectivity index (χ2v) is 3.33. The summed E-state index contributed by atoms with van der Waals surface area (Å²) < 4.78 is 5.40. The van der Waals surface area contributed by atoms with E-state index < -0.39 is 0 Å². The molecule has 2 atom stereocenters. The minimum absolute atomic E-state index is 0.394. The van der Waals surface area contributed by atoms with Gasteiger partial charge < -0.3 is 9.84 Å². The third kappa shape index (κ3) is 3.26. The van der Waals surface area contributed by atoms with E-state index in [1.807, 2.05) is 0 Å². The van der Waals surface area contributed by atoms with Gasteiger partial charge in [-0.2, -0.15) is 0 Å². The summed E-state index contributed by atoms with van der Waals surface area (Å²) in [7, 11) is 0. The van der Waals surface area contributed by atoms with Gasteiger partial charge in [0.05, 0.1) is 18.5 Å². The predicted molar refractivity (Wildman–Crippen MR) is 49.2 cm³/mol. The van der Waals surface area contributed by atoms with Crippen molar-refractivity contribution in [2.75, 3.05) is 0 Å². The molecule has 0 spiro atoms. The molecule has 2 heteroatoms. The first-order valence-corrected chi connectivity index (χ1v) is 4.83. The number of unbranched alkanes of at least 4 members (excludes halogenated alkanes) is 2. The molecule has 1 aliphatic rings.